The second-order valence-corrected chi connectivity index (χ2v) is 12.6. The molecule has 0 aliphatic carbocycles. The van der Waals surface area contributed by atoms with Gasteiger partial charge in [0.1, 0.15) is 17.7 Å². The topological polar surface area (TPSA) is 122 Å². The number of nitrogens with one attached hydrogen (secondary N) is 1. The highest BCUT2D eigenvalue weighted by atomic mass is 35.5. The third-order valence-corrected chi connectivity index (χ3v) is 9.33. The largest absolute Gasteiger partial charge is 0.383 e. The first-order valence-electron chi connectivity index (χ1n) is 16.0. The smallest absolute Gasteiger partial charge is 0.202 e. The first-order valence-corrected chi connectivity index (χ1v) is 16.4. The summed E-state index contributed by atoms with van der Waals surface area (Å²) in [5, 5.41) is 3.13. The molecule has 5 heterocycles. The summed E-state index contributed by atoms with van der Waals surface area (Å²) >= 11 is 6.06. The summed E-state index contributed by atoms with van der Waals surface area (Å²) in [5.74, 6) is 1.15. The minimum atomic E-state index is 0.166. The zero-order valence-corrected chi connectivity index (χ0v) is 26.9. The number of nitrogens with two attached hydrogens (primary N) is 1. The Labute approximate surface area is 279 Å². The van der Waals surface area contributed by atoms with Crippen molar-refractivity contribution in [3.8, 4) is 28.3 Å². The Morgan fingerprint density at radius 2 is 1.70 bits per heavy atom. The van der Waals surface area contributed by atoms with E-state index >= 15 is 0 Å². The van der Waals surface area contributed by atoms with Gasteiger partial charge in [0, 0.05) is 37.1 Å². The molecule has 0 radical (unpaired) electrons. The first kappa shape index (κ1) is 30.7. The van der Waals surface area contributed by atoms with E-state index in [0.717, 1.165) is 92.1 Å². The van der Waals surface area contributed by atoms with Crippen LogP contribution in [0.1, 0.15) is 31.2 Å². The molecule has 238 valence electrons. The molecule has 3 N–H and O–H groups in total. The van der Waals surface area contributed by atoms with Crippen molar-refractivity contribution in [1.29, 1.82) is 0 Å². The minimum Gasteiger partial charge on any atom is -0.383 e. The molecule has 2 aliphatic heterocycles. The zero-order chi connectivity index (χ0) is 32.1. The van der Waals surface area contributed by atoms with Gasteiger partial charge in [0.2, 0.25) is 5.29 Å². The number of nitrogen functional groups attached to an aromatic ring is 1. The van der Waals surface area contributed by atoms with Crippen molar-refractivity contribution in [2.45, 2.75) is 32.2 Å². The van der Waals surface area contributed by atoms with Crippen molar-refractivity contribution in [3.63, 3.8) is 0 Å². The summed E-state index contributed by atoms with van der Waals surface area (Å²) in [6, 6.07) is 26.8. The summed E-state index contributed by atoms with van der Waals surface area (Å²) in [6.07, 6.45) is 9.19. The van der Waals surface area contributed by atoms with Gasteiger partial charge in [-0.15, -0.1) is 0 Å². The van der Waals surface area contributed by atoms with E-state index in [0.29, 0.717) is 11.6 Å². The Balaban J connectivity index is 1.12. The van der Waals surface area contributed by atoms with Crippen molar-refractivity contribution in [2.75, 3.05) is 31.9 Å². The number of rotatable bonds is 5. The number of nitrogens with zero attached hydrogens (tertiary/aromatic N) is 8. The highest BCUT2D eigenvalue weighted by molar-refractivity contribution is 6.66. The molecule has 3 aromatic heterocycles. The standard InChI is InChI=1S/C36H37ClN10/c37-35-42-24-39-18-5-15-36(23-40-25-43-35)16-20-46(21-17-36)22-26-9-11-28(12-10-26)47-33(29-8-4-19-41-32(29)38)45-31-14-13-30(44-34(31)47)27-6-2-1-3-7-27/h1-4,6-14,19,24-25H,5,15-18,20-23H2,(H2,38,41)(H,39,40,42,43). The van der Waals surface area contributed by atoms with Crippen LogP contribution >= 0.6 is 11.6 Å². The number of likely N-dealkylation sites (tertiary alicyclic amines) is 1. The predicted octanol–water partition coefficient (Wildman–Crippen LogP) is 6.35. The van der Waals surface area contributed by atoms with Crippen molar-refractivity contribution in [3.05, 3.63) is 90.6 Å². The van der Waals surface area contributed by atoms with E-state index in [2.05, 4.69) is 71.1 Å². The molecule has 2 aromatic carbocycles. The molecule has 0 unspecified atom stereocenters. The fraction of sp³-hybridized carbons (Fsp3) is 0.278. The number of hydrogen-bond acceptors (Lipinski definition) is 9. The van der Waals surface area contributed by atoms with Gasteiger partial charge in [-0.2, -0.15) is 0 Å². The SMILES string of the molecule is Nc1ncccc1-c1nc2ccc(-c3ccccc3)nc2n1-c1ccc(CN2CCC3(CCCN=CNC(Cl)=NC=NC3)CC2)cc1. The van der Waals surface area contributed by atoms with E-state index in [1.165, 1.54) is 5.56 Å². The molecule has 11 heteroatoms. The number of anilines is 1. The first-order chi connectivity index (χ1) is 23.1. The Morgan fingerprint density at radius 1 is 0.872 bits per heavy atom. The molecule has 2 aliphatic rings. The van der Waals surface area contributed by atoms with Crippen molar-refractivity contribution in [1.82, 2.24) is 29.7 Å². The minimum absolute atomic E-state index is 0.166. The quantitative estimate of drug-likeness (QED) is 0.215. The van der Waals surface area contributed by atoms with Gasteiger partial charge in [-0.25, -0.2) is 19.9 Å². The van der Waals surface area contributed by atoms with Crippen molar-refractivity contribution in [2.24, 2.45) is 20.4 Å². The second-order valence-electron chi connectivity index (χ2n) is 12.2. The normalized spacial score (nSPS) is 17.2. The average molecular weight is 645 g/mol. The number of imidazole rings is 1. The number of fused-ring (bicyclic) bond motifs is 1. The Bertz CT molecular complexity index is 1920. The fourth-order valence-electron chi connectivity index (χ4n) is 6.51. The highest BCUT2D eigenvalue weighted by Crippen LogP contribution is 2.37. The molecular weight excluding hydrogens is 608 g/mol. The number of halogens is 1. The number of amidine groups is 1. The Morgan fingerprint density at radius 3 is 2.51 bits per heavy atom. The van der Waals surface area contributed by atoms with Crippen molar-refractivity contribution >= 4 is 46.6 Å². The average Bonchev–Trinajstić information content (AvgIpc) is 3.48. The summed E-state index contributed by atoms with van der Waals surface area (Å²) in [4.78, 5) is 30.2. The van der Waals surface area contributed by atoms with E-state index in [1.807, 2.05) is 42.5 Å². The van der Waals surface area contributed by atoms with Gasteiger partial charge >= 0.3 is 0 Å². The summed E-state index contributed by atoms with van der Waals surface area (Å²) < 4.78 is 2.09. The van der Waals surface area contributed by atoms with Gasteiger partial charge < -0.3 is 11.1 Å². The lowest BCUT2D eigenvalue weighted by atomic mass is 9.74. The van der Waals surface area contributed by atoms with Crippen LogP contribution in [0.3, 0.4) is 0 Å². The second kappa shape index (κ2) is 13.8. The predicted molar refractivity (Wildman–Crippen MR) is 191 cm³/mol. The van der Waals surface area contributed by atoms with Crippen LogP contribution in [0.25, 0.3) is 39.5 Å². The third-order valence-electron chi connectivity index (χ3n) is 9.12. The lowest BCUT2D eigenvalue weighted by Gasteiger charge is -2.41. The molecule has 5 aromatic rings. The van der Waals surface area contributed by atoms with Gasteiger partial charge in [-0.1, -0.05) is 42.5 Å². The van der Waals surface area contributed by atoms with E-state index in [1.54, 1.807) is 18.9 Å². The molecule has 1 spiro atoms. The summed E-state index contributed by atoms with van der Waals surface area (Å²) in [6.45, 7) is 4.46. The van der Waals surface area contributed by atoms with E-state index in [-0.39, 0.29) is 10.7 Å². The Kier molecular flexibility index (Phi) is 9.03. The van der Waals surface area contributed by atoms with Crippen LogP contribution in [0.5, 0.6) is 0 Å². The van der Waals surface area contributed by atoms with Crippen LogP contribution in [0.4, 0.5) is 5.82 Å². The van der Waals surface area contributed by atoms with Gasteiger partial charge in [0.05, 0.1) is 17.6 Å². The molecule has 1 fully saturated rings. The van der Waals surface area contributed by atoms with E-state index < -0.39 is 0 Å². The van der Waals surface area contributed by atoms with Crippen molar-refractivity contribution < 1.29 is 0 Å². The lowest BCUT2D eigenvalue weighted by Crippen LogP contribution is -2.41. The molecule has 0 bridgehead atoms. The lowest BCUT2D eigenvalue weighted by molar-refractivity contribution is 0.0960. The molecule has 7 rings (SSSR count). The van der Waals surface area contributed by atoms with Crippen LogP contribution in [0.15, 0.2) is 100 Å². The number of pyridine rings is 2. The maximum Gasteiger partial charge on any atom is 0.202 e. The molecule has 1 saturated heterocycles. The summed E-state index contributed by atoms with van der Waals surface area (Å²) in [7, 11) is 0. The van der Waals surface area contributed by atoms with Gasteiger partial charge in [-0.3, -0.25) is 19.5 Å². The molecule has 0 amide bonds. The zero-order valence-electron chi connectivity index (χ0n) is 26.1. The summed E-state index contributed by atoms with van der Waals surface area (Å²) in [5.41, 5.74) is 13.0. The van der Waals surface area contributed by atoms with Crippen LogP contribution in [-0.2, 0) is 6.54 Å². The molecule has 0 atom stereocenters. The van der Waals surface area contributed by atoms with Crippen LogP contribution in [0, 0.1) is 5.41 Å². The Hall–Kier alpha value is -4.93. The molecular formula is C36H37ClN10. The molecule has 10 nitrogen and oxygen atoms in total. The van der Waals surface area contributed by atoms with E-state index in [9.17, 15) is 0 Å². The number of benzene rings is 2. The van der Waals surface area contributed by atoms with Gasteiger partial charge in [-0.05, 0) is 97.8 Å². The molecule has 0 saturated carbocycles. The number of aliphatic imine (C=N–C) groups is 3. The van der Waals surface area contributed by atoms with Crippen LogP contribution in [0.2, 0.25) is 0 Å². The number of hydrogen-bond donors (Lipinski definition) is 2. The van der Waals surface area contributed by atoms with Crippen LogP contribution in [-0.4, -0.2) is 68.6 Å². The third kappa shape index (κ3) is 6.94. The van der Waals surface area contributed by atoms with E-state index in [4.69, 9.17) is 27.3 Å². The maximum absolute atomic E-state index is 6.35. The number of piperidine rings is 1. The van der Waals surface area contributed by atoms with Gasteiger partial charge in [0.15, 0.2) is 11.5 Å². The maximum atomic E-state index is 6.35. The fourth-order valence-corrected chi connectivity index (χ4v) is 6.60. The highest BCUT2D eigenvalue weighted by Gasteiger charge is 2.34. The number of aromatic nitrogens is 4. The van der Waals surface area contributed by atoms with Gasteiger partial charge in [0.25, 0.3) is 0 Å². The molecule has 47 heavy (non-hydrogen) atoms. The van der Waals surface area contributed by atoms with Crippen LogP contribution < -0.4 is 11.1 Å². The monoisotopic (exact) mass is 644 g/mol.